The number of aromatic nitrogens is 2. The Bertz CT molecular complexity index is 952. The Morgan fingerprint density at radius 1 is 1.03 bits per heavy atom. The molecule has 0 fully saturated rings. The van der Waals surface area contributed by atoms with E-state index in [0.29, 0.717) is 22.8 Å². The zero-order valence-electron chi connectivity index (χ0n) is 16.5. The van der Waals surface area contributed by atoms with Crippen molar-refractivity contribution < 1.29 is 23.4 Å². The highest BCUT2D eigenvalue weighted by atomic mass is 32.2. The van der Waals surface area contributed by atoms with Crippen LogP contribution in [0.25, 0.3) is 11.5 Å². The quantitative estimate of drug-likeness (QED) is 0.554. The molecule has 1 atom stereocenters. The van der Waals surface area contributed by atoms with Gasteiger partial charge in [0.15, 0.2) is 11.5 Å². The van der Waals surface area contributed by atoms with E-state index in [-0.39, 0.29) is 17.0 Å². The van der Waals surface area contributed by atoms with Crippen molar-refractivity contribution in [3.05, 3.63) is 42.5 Å². The number of ether oxygens (including phenoxy) is 3. The number of hydrogen-bond donors (Lipinski definition) is 1. The molecule has 1 aromatic heterocycles. The van der Waals surface area contributed by atoms with Crippen molar-refractivity contribution in [3.8, 4) is 28.7 Å². The minimum absolute atomic E-state index is 0.159. The van der Waals surface area contributed by atoms with Crippen molar-refractivity contribution in [2.24, 2.45) is 0 Å². The molecule has 1 heterocycles. The fourth-order valence-corrected chi connectivity index (χ4v) is 3.23. The molecular formula is C20H21N3O5S. The van der Waals surface area contributed by atoms with Gasteiger partial charge in [0.2, 0.25) is 17.5 Å². The molecule has 0 aliphatic carbocycles. The number of rotatable bonds is 8. The van der Waals surface area contributed by atoms with Crippen molar-refractivity contribution in [3.63, 3.8) is 0 Å². The van der Waals surface area contributed by atoms with Crippen molar-refractivity contribution in [2.75, 3.05) is 26.6 Å². The molecule has 2 aromatic carbocycles. The first-order valence-electron chi connectivity index (χ1n) is 8.72. The third-order valence-electron chi connectivity index (χ3n) is 4.01. The predicted molar refractivity (Wildman–Crippen MR) is 110 cm³/mol. The molecule has 8 nitrogen and oxygen atoms in total. The molecule has 0 spiro atoms. The van der Waals surface area contributed by atoms with Gasteiger partial charge in [-0.1, -0.05) is 30.0 Å². The monoisotopic (exact) mass is 415 g/mol. The molecule has 9 heteroatoms. The highest BCUT2D eigenvalue weighted by Crippen LogP contribution is 2.41. The first-order valence-corrected chi connectivity index (χ1v) is 9.60. The van der Waals surface area contributed by atoms with Crippen LogP contribution in [0.4, 0.5) is 5.69 Å². The Hall–Kier alpha value is -3.20. The van der Waals surface area contributed by atoms with E-state index in [2.05, 4.69) is 15.5 Å². The summed E-state index contributed by atoms with van der Waals surface area (Å²) in [6, 6.07) is 12.7. The van der Waals surface area contributed by atoms with Crippen LogP contribution in [-0.4, -0.2) is 42.7 Å². The fourth-order valence-electron chi connectivity index (χ4n) is 2.55. The Kier molecular flexibility index (Phi) is 6.61. The summed E-state index contributed by atoms with van der Waals surface area (Å²) in [7, 11) is 4.59. The topological polar surface area (TPSA) is 95.7 Å². The first kappa shape index (κ1) is 20.5. The number of methoxy groups -OCH3 is 3. The molecule has 0 bridgehead atoms. The van der Waals surface area contributed by atoms with Gasteiger partial charge in [-0.05, 0) is 31.2 Å². The van der Waals surface area contributed by atoms with Crippen molar-refractivity contribution >= 4 is 23.4 Å². The Morgan fingerprint density at radius 3 is 2.28 bits per heavy atom. The largest absolute Gasteiger partial charge is 0.493 e. The van der Waals surface area contributed by atoms with Crippen LogP contribution in [0.2, 0.25) is 0 Å². The Labute approximate surface area is 172 Å². The predicted octanol–water partition coefficient (Wildman–Crippen LogP) is 3.88. The number of thioether (sulfide) groups is 1. The SMILES string of the molecule is COc1cc(-c2nnc(SC(C)C(=O)Nc3ccccc3)o2)cc(OC)c1OC. The maximum Gasteiger partial charge on any atom is 0.277 e. The molecule has 0 saturated heterocycles. The van der Waals surface area contributed by atoms with Gasteiger partial charge in [0.1, 0.15) is 0 Å². The number of carbonyl (C=O) groups excluding carboxylic acids is 1. The molecule has 3 aromatic rings. The molecule has 152 valence electrons. The van der Waals surface area contributed by atoms with Crippen LogP contribution in [-0.2, 0) is 4.79 Å². The van der Waals surface area contributed by atoms with E-state index < -0.39 is 5.25 Å². The minimum Gasteiger partial charge on any atom is -0.493 e. The van der Waals surface area contributed by atoms with E-state index in [1.54, 1.807) is 19.1 Å². The average Bonchev–Trinajstić information content (AvgIpc) is 3.21. The lowest BCUT2D eigenvalue weighted by atomic mass is 10.2. The lowest BCUT2D eigenvalue weighted by Crippen LogP contribution is -2.22. The third-order valence-corrected chi connectivity index (χ3v) is 4.94. The number of benzene rings is 2. The average molecular weight is 415 g/mol. The summed E-state index contributed by atoms with van der Waals surface area (Å²) in [6.45, 7) is 1.77. The maximum atomic E-state index is 12.4. The lowest BCUT2D eigenvalue weighted by Gasteiger charge is -2.12. The van der Waals surface area contributed by atoms with Gasteiger partial charge >= 0.3 is 0 Å². The van der Waals surface area contributed by atoms with E-state index in [0.717, 1.165) is 5.69 Å². The number of para-hydroxylation sites is 1. The molecule has 1 N–H and O–H groups in total. The van der Waals surface area contributed by atoms with Gasteiger partial charge < -0.3 is 23.9 Å². The molecular weight excluding hydrogens is 394 g/mol. The van der Waals surface area contributed by atoms with Gasteiger partial charge in [0.25, 0.3) is 5.22 Å². The number of nitrogens with one attached hydrogen (secondary N) is 1. The number of anilines is 1. The zero-order chi connectivity index (χ0) is 20.8. The van der Waals surface area contributed by atoms with Crippen molar-refractivity contribution in [1.82, 2.24) is 10.2 Å². The van der Waals surface area contributed by atoms with Crippen LogP contribution in [0.3, 0.4) is 0 Å². The van der Waals surface area contributed by atoms with Crippen LogP contribution >= 0.6 is 11.8 Å². The summed E-state index contributed by atoms with van der Waals surface area (Å²) < 4.78 is 21.7. The Morgan fingerprint density at radius 2 is 1.69 bits per heavy atom. The van der Waals surface area contributed by atoms with Crippen molar-refractivity contribution in [1.29, 1.82) is 0 Å². The third kappa shape index (κ3) is 4.80. The number of nitrogens with zero attached hydrogens (tertiary/aromatic N) is 2. The molecule has 1 amide bonds. The number of amides is 1. The van der Waals surface area contributed by atoms with Crippen LogP contribution in [0.5, 0.6) is 17.2 Å². The molecule has 0 aliphatic heterocycles. The minimum atomic E-state index is -0.427. The fraction of sp³-hybridized carbons (Fsp3) is 0.250. The second kappa shape index (κ2) is 9.33. The number of hydrogen-bond acceptors (Lipinski definition) is 8. The van der Waals surface area contributed by atoms with Gasteiger partial charge in [-0.15, -0.1) is 10.2 Å². The molecule has 0 aliphatic rings. The molecule has 29 heavy (non-hydrogen) atoms. The molecule has 0 saturated carbocycles. The lowest BCUT2D eigenvalue weighted by molar-refractivity contribution is -0.115. The van der Waals surface area contributed by atoms with Gasteiger partial charge in [0, 0.05) is 11.3 Å². The maximum absolute atomic E-state index is 12.4. The van der Waals surface area contributed by atoms with Gasteiger partial charge in [-0.2, -0.15) is 0 Å². The van der Waals surface area contributed by atoms with Crippen LogP contribution in [0.1, 0.15) is 6.92 Å². The van der Waals surface area contributed by atoms with Crippen LogP contribution in [0.15, 0.2) is 52.1 Å². The van der Waals surface area contributed by atoms with Gasteiger partial charge in [-0.3, -0.25) is 4.79 Å². The smallest absolute Gasteiger partial charge is 0.277 e. The highest BCUT2D eigenvalue weighted by molar-refractivity contribution is 8.00. The number of carbonyl (C=O) groups is 1. The van der Waals surface area contributed by atoms with Crippen molar-refractivity contribution in [2.45, 2.75) is 17.4 Å². The second-order valence-electron chi connectivity index (χ2n) is 5.90. The molecule has 0 radical (unpaired) electrons. The highest BCUT2D eigenvalue weighted by Gasteiger charge is 2.21. The van der Waals surface area contributed by atoms with E-state index in [9.17, 15) is 4.79 Å². The zero-order valence-corrected chi connectivity index (χ0v) is 17.3. The van der Waals surface area contributed by atoms with Gasteiger partial charge in [0.05, 0.1) is 26.6 Å². The van der Waals surface area contributed by atoms with E-state index in [1.165, 1.54) is 33.1 Å². The van der Waals surface area contributed by atoms with Gasteiger partial charge in [-0.25, -0.2) is 0 Å². The summed E-state index contributed by atoms with van der Waals surface area (Å²) in [5.41, 5.74) is 1.34. The molecule has 3 rings (SSSR count). The Balaban J connectivity index is 1.74. The molecule has 1 unspecified atom stereocenters. The van der Waals surface area contributed by atoms with E-state index >= 15 is 0 Å². The summed E-state index contributed by atoms with van der Waals surface area (Å²) >= 11 is 1.17. The summed E-state index contributed by atoms with van der Waals surface area (Å²) in [6.07, 6.45) is 0. The standard InChI is InChI=1S/C20H21N3O5S/c1-12(18(24)21-14-8-6-5-7-9-14)29-20-23-22-19(28-20)13-10-15(25-2)17(27-4)16(11-13)26-3/h5-12H,1-4H3,(H,21,24). The van der Waals surface area contributed by atoms with Crippen LogP contribution in [0, 0.1) is 0 Å². The summed E-state index contributed by atoms with van der Waals surface area (Å²) in [4.78, 5) is 12.4. The second-order valence-corrected chi connectivity index (χ2v) is 7.19. The first-order chi connectivity index (χ1) is 14.0. The normalized spacial score (nSPS) is 11.6. The summed E-state index contributed by atoms with van der Waals surface area (Å²) in [5.74, 6) is 1.55. The van der Waals surface area contributed by atoms with E-state index in [4.69, 9.17) is 18.6 Å². The van der Waals surface area contributed by atoms with Crippen LogP contribution < -0.4 is 19.5 Å². The van der Waals surface area contributed by atoms with E-state index in [1.807, 2.05) is 30.3 Å². The summed E-state index contributed by atoms with van der Waals surface area (Å²) in [5, 5.41) is 10.8.